The molecule has 0 radical (unpaired) electrons. The fraction of sp³-hybridized carbons (Fsp3) is 0.571. The zero-order chi connectivity index (χ0) is 13.3. The Morgan fingerprint density at radius 3 is 2.78 bits per heavy atom. The van der Waals surface area contributed by atoms with Crippen LogP contribution in [0.15, 0.2) is 22.7 Å². The first-order valence-corrected chi connectivity index (χ1v) is 7.32. The van der Waals surface area contributed by atoms with E-state index in [-0.39, 0.29) is 5.41 Å². The number of benzene rings is 1. The minimum atomic E-state index is 0.207. The van der Waals surface area contributed by atoms with Crippen LogP contribution in [0.4, 0.5) is 0 Å². The molecule has 2 nitrogen and oxygen atoms in total. The lowest BCUT2D eigenvalue weighted by atomic mass is 9.64. The molecule has 18 heavy (non-hydrogen) atoms. The second kappa shape index (κ2) is 5.49. The van der Waals surface area contributed by atoms with Crippen LogP contribution < -0.4 is 5.32 Å². The van der Waals surface area contributed by atoms with Crippen molar-refractivity contribution in [3.05, 3.63) is 33.3 Å². The van der Waals surface area contributed by atoms with Crippen molar-refractivity contribution in [1.82, 2.24) is 5.32 Å². The smallest absolute Gasteiger partial charge is 0.0652 e. The first-order chi connectivity index (χ1) is 8.45. The van der Waals surface area contributed by atoms with Gasteiger partial charge in [0.15, 0.2) is 0 Å². The summed E-state index contributed by atoms with van der Waals surface area (Å²) in [5, 5.41) is 4.34. The molecule has 4 heteroatoms. The fourth-order valence-electron chi connectivity index (χ4n) is 2.52. The minimum absolute atomic E-state index is 0.207. The number of hydrogen-bond acceptors (Lipinski definition) is 2. The third kappa shape index (κ3) is 2.74. The summed E-state index contributed by atoms with van der Waals surface area (Å²) in [5.74, 6) is 0. The zero-order valence-electron chi connectivity index (χ0n) is 11.0. The topological polar surface area (TPSA) is 21.3 Å². The van der Waals surface area contributed by atoms with E-state index in [9.17, 15) is 0 Å². The molecule has 2 unspecified atom stereocenters. The summed E-state index contributed by atoms with van der Waals surface area (Å²) in [7, 11) is 1.79. The molecule has 2 rings (SSSR count). The molecule has 0 amide bonds. The summed E-state index contributed by atoms with van der Waals surface area (Å²) in [6.07, 6.45) is 1.45. The molecule has 0 aromatic heterocycles. The summed E-state index contributed by atoms with van der Waals surface area (Å²) in [5.41, 5.74) is 1.45. The van der Waals surface area contributed by atoms with Crippen LogP contribution in [0.2, 0.25) is 5.02 Å². The minimum Gasteiger partial charge on any atom is -0.381 e. The van der Waals surface area contributed by atoms with Gasteiger partial charge < -0.3 is 10.1 Å². The van der Waals surface area contributed by atoms with E-state index in [1.54, 1.807) is 7.11 Å². The Labute approximate surface area is 122 Å². The van der Waals surface area contributed by atoms with Gasteiger partial charge in [-0.25, -0.2) is 0 Å². The predicted molar refractivity (Wildman–Crippen MR) is 79.0 cm³/mol. The molecule has 0 bridgehead atoms. The number of ether oxygens (including phenoxy) is 1. The van der Waals surface area contributed by atoms with Gasteiger partial charge in [-0.15, -0.1) is 0 Å². The maximum atomic E-state index is 5.98. The molecule has 100 valence electrons. The molecule has 0 saturated heterocycles. The van der Waals surface area contributed by atoms with Crippen LogP contribution in [0.3, 0.4) is 0 Å². The first-order valence-electron chi connectivity index (χ1n) is 6.15. The Bertz CT molecular complexity index is 436. The van der Waals surface area contributed by atoms with E-state index in [4.69, 9.17) is 16.3 Å². The van der Waals surface area contributed by atoms with Gasteiger partial charge in [0.25, 0.3) is 0 Å². The van der Waals surface area contributed by atoms with Gasteiger partial charge in [0.1, 0.15) is 0 Å². The van der Waals surface area contributed by atoms with Crippen molar-refractivity contribution < 1.29 is 4.74 Å². The van der Waals surface area contributed by atoms with Gasteiger partial charge >= 0.3 is 0 Å². The van der Waals surface area contributed by atoms with Crippen LogP contribution in [0.25, 0.3) is 0 Å². The summed E-state index contributed by atoms with van der Waals surface area (Å²) < 4.78 is 6.40. The predicted octanol–water partition coefficient (Wildman–Crippen LogP) is 4.01. The number of methoxy groups -OCH3 is 1. The Kier molecular flexibility index (Phi) is 4.37. The maximum Gasteiger partial charge on any atom is 0.0652 e. The van der Waals surface area contributed by atoms with E-state index in [1.807, 2.05) is 6.07 Å². The maximum absolute atomic E-state index is 5.98. The van der Waals surface area contributed by atoms with Crippen molar-refractivity contribution in [2.24, 2.45) is 5.41 Å². The highest BCUT2D eigenvalue weighted by Gasteiger charge is 2.48. The lowest BCUT2D eigenvalue weighted by Crippen LogP contribution is -2.60. The van der Waals surface area contributed by atoms with Gasteiger partial charge in [-0.1, -0.05) is 31.5 Å². The Hall–Kier alpha value is -0.0900. The molecule has 1 N–H and O–H groups in total. The SMILES string of the molecule is COC1CC(NCc2ccc(Cl)c(Br)c2)C1(C)C. The Morgan fingerprint density at radius 2 is 2.22 bits per heavy atom. The van der Waals surface area contributed by atoms with E-state index in [2.05, 4.69) is 47.2 Å². The van der Waals surface area contributed by atoms with Crippen LogP contribution in [0.5, 0.6) is 0 Å². The molecular weight excluding hydrogens is 314 g/mol. The first kappa shape index (κ1) is 14.3. The normalized spacial score (nSPS) is 25.8. The second-order valence-electron chi connectivity index (χ2n) is 5.46. The molecule has 0 heterocycles. The van der Waals surface area contributed by atoms with Crippen molar-refractivity contribution in [3.8, 4) is 0 Å². The molecule has 1 fully saturated rings. The third-order valence-corrected chi connectivity index (χ3v) is 5.21. The Morgan fingerprint density at radius 1 is 1.50 bits per heavy atom. The average molecular weight is 333 g/mol. The highest BCUT2D eigenvalue weighted by molar-refractivity contribution is 9.10. The Balaban J connectivity index is 1.91. The van der Waals surface area contributed by atoms with Crippen molar-refractivity contribution >= 4 is 27.5 Å². The van der Waals surface area contributed by atoms with Crippen molar-refractivity contribution in [1.29, 1.82) is 0 Å². The van der Waals surface area contributed by atoms with Crippen molar-refractivity contribution in [2.75, 3.05) is 7.11 Å². The van der Waals surface area contributed by atoms with Crippen LogP contribution in [-0.2, 0) is 11.3 Å². The van der Waals surface area contributed by atoms with Crippen LogP contribution in [-0.4, -0.2) is 19.3 Å². The van der Waals surface area contributed by atoms with Gasteiger partial charge in [0.05, 0.1) is 11.1 Å². The molecule has 2 atom stereocenters. The second-order valence-corrected chi connectivity index (χ2v) is 6.72. The number of hydrogen-bond donors (Lipinski definition) is 1. The monoisotopic (exact) mass is 331 g/mol. The van der Waals surface area contributed by atoms with Gasteiger partial charge in [-0.3, -0.25) is 0 Å². The molecule has 0 spiro atoms. The molecule has 1 saturated carbocycles. The van der Waals surface area contributed by atoms with Crippen LogP contribution in [0, 0.1) is 5.41 Å². The van der Waals surface area contributed by atoms with Gasteiger partial charge in [0, 0.05) is 29.6 Å². The summed E-state index contributed by atoms with van der Waals surface area (Å²) in [6, 6.07) is 6.55. The standard InChI is InChI=1S/C14H19BrClNO/c1-14(2)12(7-13(14)18-3)17-8-9-4-5-11(16)10(15)6-9/h4-6,12-13,17H,7-8H2,1-3H3. The van der Waals surface area contributed by atoms with E-state index in [0.29, 0.717) is 12.1 Å². The molecule has 1 aliphatic rings. The lowest BCUT2D eigenvalue weighted by molar-refractivity contribution is -0.0979. The molecular formula is C14H19BrClNO. The van der Waals surface area contributed by atoms with Gasteiger partial charge in [-0.05, 0) is 40.0 Å². The highest BCUT2D eigenvalue weighted by atomic mass is 79.9. The summed E-state index contributed by atoms with van der Waals surface area (Å²) >= 11 is 9.43. The third-order valence-electron chi connectivity index (χ3n) is 4.00. The van der Waals surface area contributed by atoms with E-state index in [0.717, 1.165) is 22.5 Å². The van der Waals surface area contributed by atoms with E-state index < -0.39 is 0 Å². The average Bonchev–Trinajstić information content (AvgIpc) is 2.32. The number of halogens is 2. The van der Waals surface area contributed by atoms with Crippen LogP contribution >= 0.6 is 27.5 Å². The van der Waals surface area contributed by atoms with Crippen molar-refractivity contribution in [2.45, 2.75) is 39.0 Å². The zero-order valence-corrected chi connectivity index (χ0v) is 13.3. The molecule has 1 aromatic rings. The summed E-state index contributed by atoms with van der Waals surface area (Å²) in [4.78, 5) is 0. The fourth-order valence-corrected chi connectivity index (χ4v) is 3.07. The molecule has 0 aliphatic heterocycles. The highest BCUT2D eigenvalue weighted by Crippen LogP contribution is 2.42. The van der Waals surface area contributed by atoms with Crippen LogP contribution in [0.1, 0.15) is 25.8 Å². The largest absolute Gasteiger partial charge is 0.381 e. The molecule has 1 aromatic carbocycles. The molecule has 1 aliphatic carbocycles. The van der Waals surface area contributed by atoms with Gasteiger partial charge in [0.2, 0.25) is 0 Å². The van der Waals surface area contributed by atoms with E-state index >= 15 is 0 Å². The van der Waals surface area contributed by atoms with E-state index in [1.165, 1.54) is 5.56 Å². The number of rotatable bonds is 4. The van der Waals surface area contributed by atoms with Gasteiger partial charge in [-0.2, -0.15) is 0 Å². The lowest BCUT2D eigenvalue weighted by Gasteiger charge is -2.51. The van der Waals surface area contributed by atoms with Crippen molar-refractivity contribution in [3.63, 3.8) is 0 Å². The number of nitrogens with one attached hydrogen (secondary N) is 1. The quantitative estimate of drug-likeness (QED) is 0.899. The summed E-state index contributed by atoms with van der Waals surface area (Å²) in [6.45, 7) is 5.36.